The predicted octanol–water partition coefficient (Wildman–Crippen LogP) is 4.00. The highest BCUT2D eigenvalue weighted by atomic mass is 16.2. The van der Waals surface area contributed by atoms with Crippen molar-refractivity contribution in [2.75, 3.05) is 6.54 Å². The Labute approximate surface area is 171 Å². The summed E-state index contributed by atoms with van der Waals surface area (Å²) in [7, 11) is 0. The Hall–Kier alpha value is -2.95. The van der Waals surface area contributed by atoms with Crippen molar-refractivity contribution in [2.45, 2.75) is 51.0 Å². The van der Waals surface area contributed by atoms with Gasteiger partial charge < -0.3 is 5.32 Å². The quantitative estimate of drug-likeness (QED) is 0.599. The fourth-order valence-electron chi connectivity index (χ4n) is 4.43. The summed E-state index contributed by atoms with van der Waals surface area (Å²) in [5.74, 6) is -0.542. The second-order valence-electron chi connectivity index (χ2n) is 7.96. The lowest BCUT2D eigenvalue weighted by Crippen LogP contribution is -2.46. The van der Waals surface area contributed by atoms with Gasteiger partial charge in [0.1, 0.15) is 5.54 Å². The van der Waals surface area contributed by atoms with Crippen molar-refractivity contribution < 1.29 is 14.4 Å². The van der Waals surface area contributed by atoms with Crippen molar-refractivity contribution in [3.05, 3.63) is 70.8 Å². The molecule has 2 aromatic rings. The first-order chi connectivity index (χ1) is 14.0. The Morgan fingerprint density at radius 1 is 1.10 bits per heavy atom. The van der Waals surface area contributed by atoms with E-state index in [2.05, 4.69) is 12.2 Å². The number of imide groups is 1. The van der Waals surface area contributed by atoms with Crippen molar-refractivity contribution >= 4 is 17.7 Å². The van der Waals surface area contributed by atoms with Crippen molar-refractivity contribution in [3.63, 3.8) is 0 Å². The number of Topliss-reactive ketones (excluding diaryl/α,β-unsaturated/α-hetero) is 1. The van der Waals surface area contributed by atoms with Crippen LogP contribution in [0.3, 0.4) is 0 Å². The molecule has 29 heavy (non-hydrogen) atoms. The van der Waals surface area contributed by atoms with E-state index in [0.29, 0.717) is 12.0 Å². The van der Waals surface area contributed by atoms with Crippen LogP contribution in [0.4, 0.5) is 4.79 Å². The third-order valence-corrected chi connectivity index (χ3v) is 6.05. The molecule has 3 amide bonds. The van der Waals surface area contributed by atoms with Crippen molar-refractivity contribution in [2.24, 2.45) is 0 Å². The van der Waals surface area contributed by atoms with E-state index in [0.717, 1.165) is 48.1 Å². The Morgan fingerprint density at radius 2 is 1.86 bits per heavy atom. The third-order valence-electron chi connectivity index (χ3n) is 6.05. The molecule has 0 saturated carbocycles. The van der Waals surface area contributed by atoms with E-state index in [4.69, 9.17) is 0 Å². The van der Waals surface area contributed by atoms with Gasteiger partial charge in [0.15, 0.2) is 5.78 Å². The predicted molar refractivity (Wildman–Crippen MR) is 111 cm³/mol. The van der Waals surface area contributed by atoms with Gasteiger partial charge in [0.05, 0.1) is 6.54 Å². The zero-order valence-corrected chi connectivity index (χ0v) is 16.7. The van der Waals surface area contributed by atoms with Gasteiger partial charge in [-0.1, -0.05) is 61.9 Å². The second kappa shape index (κ2) is 7.82. The normalized spacial score (nSPS) is 20.7. The van der Waals surface area contributed by atoms with Crippen LogP contribution < -0.4 is 5.32 Å². The number of rotatable bonds is 6. The molecule has 0 bridgehead atoms. The van der Waals surface area contributed by atoms with Gasteiger partial charge in [-0.15, -0.1) is 0 Å². The molecule has 1 heterocycles. The fraction of sp³-hybridized carbons (Fsp3) is 0.375. The van der Waals surface area contributed by atoms with Crippen LogP contribution in [-0.2, 0) is 23.2 Å². The highest BCUT2D eigenvalue weighted by molar-refractivity contribution is 6.11. The molecule has 0 radical (unpaired) electrons. The lowest BCUT2D eigenvalue weighted by molar-refractivity contribution is -0.131. The summed E-state index contributed by atoms with van der Waals surface area (Å²) in [6.07, 6.45) is 5.50. The number of benzene rings is 2. The number of ketones is 1. The zero-order valence-electron chi connectivity index (χ0n) is 16.7. The van der Waals surface area contributed by atoms with Crippen LogP contribution in [0, 0.1) is 0 Å². The molecule has 1 aliphatic carbocycles. The minimum Gasteiger partial charge on any atom is -0.319 e. The zero-order chi connectivity index (χ0) is 20.4. The van der Waals surface area contributed by atoms with Gasteiger partial charge in [-0.2, -0.15) is 0 Å². The SMILES string of the molecule is CCCCc1ccc(C(=O)CN2C(=O)N[C@]3(CCCc4ccccc43)C2=O)cc1. The van der Waals surface area contributed by atoms with Gasteiger partial charge in [-0.25, -0.2) is 4.79 Å². The molecule has 4 rings (SSSR count). The summed E-state index contributed by atoms with van der Waals surface area (Å²) in [5.41, 5.74) is 2.63. The van der Waals surface area contributed by atoms with Crippen LogP contribution in [-0.4, -0.2) is 29.2 Å². The number of unbranched alkanes of at least 4 members (excludes halogenated alkanes) is 1. The number of carbonyl (C=O) groups excluding carboxylic acids is 3. The van der Waals surface area contributed by atoms with E-state index in [9.17, 15) is 14.4 Å². The maximum atomic E-state index is 13.3. The molecule has 5 heteroatoms. The van der Waals surface area contributed by atoms with Crippen LogP contribution in [0.5, 0.6) is 0 Å². The van der Waals surface area contributed by atoms with Gasteiger partial charge in [0, 0.05) is 5.56 Å². The molecule has 1 fully saturated rings. The molecule has 2 aliphatic rings. The van der Waals surface area contributed by atoms with E-state index >= 15 is 0 Å². The molecule has 1 atom stereocenters. The van der Waals surface area contributed by atoms with E-state index < -0.39 is 11.6 Å². The van der Waals surface area contributed by atoms with Crippen LogP contribution in [0.1, 0.15) is 59.7 Å². The van der Waals surface area contributed by atoms with Gasteiger partial charge in [-0.3, -0.25) is 14.5 Å². The highest BCUT2D eigenvalue weighted by Gasteiger charge is 2.54. The van der Waals surface area contributed by atoms with Crippen molar-refractivity contribution in [3.8, 4) is 0 Å². The number of urea groups is 1. The van der Waals surface area contributed by atoms with E-state index in [1.807, 2.05) is 36.4 Å². The smallest absolute Gasteiger partial charge is 0.319 e. The summed E-state index contributed by atoms with van der Waals surface area (Å²) in [5, 5.41) is 2.90. The lowest BCUT2D eigenvalue weighted by atomic mass is 9.76. The molecule has 0 aromatic heterocycles. The lowest BCUT2D eigenvalue weighted by Gasteiger charge is -2.33. The summed E-state index contributed by atoms with van der Waals surface area (Å²) in [6.45, 7) is 1.91. The van der Waals surface area contributed by atoms with Crippen LogP contribution in [0.25, 0.3) is 0 Å². The molecule has 1 N–H and O–H groups in total. The van der Waals surface area contributed by atoms with E-state index in [-0.39, 0.29) is 18.2 Å². The van der Waals surface area contributed by atoms with Crippen molar-refractivity contribution in [1.29, 1.82) is 0 Å². The number of nitrogens with zero attached hydrogens (tertiary/aromatic N) is 1. The van der Waals surface area contributed by atoms with Crippen LogP contribution >= 0.6 is 0 Å². The molecule has 2 aromatic carbocycles. The van der Waals surface area contributed by atoms with Gasteiger partial charge in [0.25, 0.3) is 5.91 Å². The standard InChI is InChI=1S/C24H26N2O3/c1-2-3-7-17-11-13-19(14-12-17)21(27)16-26-22(28)24(25-23(26)29)15-6-9-18-8-4-5-10-20(18)24/h4-5,8,10-14H,2-3,6-7,9,15-16H2,1H3,(H,25,29)/t24-/m0/s1. The monoisotopic (exact) mass is 390 g/mol. The fourth-order valence-corrected chi connectivity index (χ4v) is 4.43. The number of nitrogens with one attached hydrogen (secondary N) is 1. The summed E-state index contributed by atoms with van der Waals surface area (Å²) < 4.78 is 0. The Morgan fingerprint density at radius 3 is 2.62 bits per heavy atom. The number of aryl methyl sites for hydroxylation is 2. The van der Waals surface area contributed by atoms with E-state index in [1.54, 1.807) is 12.1 Å². The minimum atomic E-state index is -1.03. The number of hydrogen-bond acceptors (Lipinski definition) is 3. The Kier molecular flexibility index (Phi) is 5.22. The summed E-state index contributed by atoms with van der Waals surface area (Å²) >= 11 is 0. The Bertz CT molecular complexity index is 951. The first kappa shape index (κ1) is 19.4. The van der Waals surface area contributed by atoms with Gasteiger partial charge in [0.2, 0.25) is 0 Å². The molecule has 5 nitrogen and oxygen atoms in total. The average molecular weight is 390 g/mol. The molecular weight excluding hydrogens is 364 g/mol. The van der Waals surface area contributed by atoms with Crippen molar-refractivity contribution in [1.82, 2.24) is 10.2 Å². The number of hydrogen-bond donors (Lipinski definition) is 1. The third kappa shape index (κ3) is 3.46. The second-order valence-corrected chi connectivity index (χ2v) is 7.96. The number of carbonyl (C=O) groups is 3. The van der Waals surface area contributed by atoms with Gasteiger partial charge in [-0.05, 0) is 48.8 Å². The minimum absolute atomic E-state index is 0.225. The van der Waals surface area contributed by atoms with Gasteiger partial charge >= 0.3 is 6.03 Å². The Balaban J connectivity index is 1.53. The maximum Gasteiger partial charge on any atom is 0.325 e. The topological polar surface area (TPSA) is 66.5 Å². The molecule has 1 spiro atoms. The first-order valence-corrected chi connectivity index (χ1v) is 10.4. The summed E-state index contributed by atoms with van der Waals surface area (Å²) in [6, 6.07) is 14.7. The largest absolute Gasteiger partial charge is 0.325 e. The molecule has 1 saturated heterocycles. The molecule has 1 aliphatic heterocycles. The summed E-state index contributed by atoms with van der Waals surface area (Å²) in [4.78, 5) is 39.8. The molecular formula is C24H26N2O3. The van der Waals surface area contributed by atoms with E-state index in [1.165, 1.54) is 5.56 Å². The first-order valence-electron chi connectivity index (χ1n) is 10.4. The average Bonchev–Trinajstić information content (AvgIpc) is 2.97. The number of amides is 3. The molecule has 0 unspecified atom stereocenters. The molecule has 150 valence electrons. The van der Waals surface area contributed by atoms with Crippen LogP contribution in [0.15, 0.2) is 48.5 Å². The number of fused-ring (bicyclic) bond motifs is 2. The highest BCUT2D eigenvalue weighted by Crippen LogP contribution is 2.39. The van der Waals surface area contributed by atoms with Crippen LogP contribution in [0.2, 0.25) is 0 Å². The maximum absolute atomic E-state index is 13.3.